The van der Waals surface area contributed by atoms with E-state index in [9.17, 15) is 0 Å². The number of hydrogen-bond acceptors (Lipinski definition) is 10. The predicted octanol–water partition coefficient (Wildman–Crippen LogP) is 0.837. The van der Waals surface area contributed by atoms with Gasteiger partial charge < -0.3 is 4.84 Å². The summed E-state index contributed by atoms with van der Waals surface area (Å²) in [5.74, 6) is 1.36. The Kier molecular flexibility index (Phi) is 2.90. The van der Waals surface area contributed by atoms with Crippen molar-refractivity contribution < 1.29 is 4.84 Å². The topological polar surface area (TPSA) is 119 Å². The Balaban J connectivity index is 1.48. The van der Waals surface area contributed by atoms with Crippen molar-refractivity contribution in [1.82, 2.24) is 40.6 Å². The number of hydrazine groups is 2. The largest absolute Gasteiger partial charge is 0.334 e. The molecule has 0 aliphatic carbocycles. The van der Waals surface area contributed by atoms with E-state index >= 15 is 0 Å². The monoisotopic (exact) mass is 334 g/mol. The van der Waals surface area contributed by atoms with Crippen LogP contribution in [0.15, 0.2) is 48.9 Å². The molecule has 1 aliphatic rings. The standard InChI is InChI=1S/C14H10N10O/c1-3-9-13(16-7-1)24(22-19-9)25-11-5-8-17-14(18-11)23-10-4-2-6-15-12(10)20-21-23/h1-8,21H,(H,15,20). The number of anilines is 3. The molecule has 11 heteroatoms. The lowest BCUT2D eigenvalue weighted by atomic mass is 10.4. The highest BCUT2D eigenvalue weighted by Crippen LogP contribution is 2.30. The summed E-state index contributed by atoms with van der Waals surface area (Å²) in [6, 6.07) is 8.91. The van der Waals surface area contributed by atoms with E-state index in [1.54, 1.807) is 41.8 Å². The zero-order valence-corrected chi connectivity index (χ0v) is 12.6. The van der Waals surface area contributed by atoms with Gasteiger partial charge >= 0.3 is 0 Å². The van der Waals surface area contributed by atoms with Gasteiger partial charge in [-0.2, -0.15) is 4.98 Å². The van der Waals surface area contributed by atoms with Gasteiger partial charge in [0.2, 0.25) is 11.6 Å². The van der Waals surface area contributed by atoms with Gasteiger partial charge in [-0.05, 0) is 29.5 Å². The molecule has 4 aromatic heterocycles. The molecule has 25 heavy (non-hydrogen) atoms. The highest BCUT2D eigenvalue weighted by molar-refractivity contribution is 5.73. The molecule has 0 unspecified atom stereocenters. The normalized spacial score (nSPS) is 12.9. The first kappa shape index (κ1) is 13.6. The Hall–Kier alpha value is -3.86. The van der Waals surface area contributed by atoms with Crippen molar-refractivity contribution in [3.05, 3.63) is 48.9 Å². The molecule has 4 aromatic rings. The molecule has 0 amide bonds. The van der Waals surface area contributed by atoms with Gasteiger partial charge in [0.15, 0.2) is 5.82 Å². The van der Waals surface area contributed by atoms with Crippen molar-refractivity contribution >= 4 is 28.6 Å². The van der Waals surface area contributed by atoms with Gasteiger partial charge in [0.25, 0.3) is 5.88 Å². The van der Waals surface area contributed by atoms with E-state index in [0.29, 0.717) is 28.8 Å². The number of pyridine rings is 2. The molecule has 0 fully saturated rings. The molecule has 0 spiro atoms. The van der Waals surface area contributed by atoms with Gasteiger partial charge in [0.1, 0.15) is 11.2 Å². The maximum absolute atomic E-state index is 5.66. The van der Waals surface area contributed by atoms with Gasteiger partial charge in [-0.3, -0.25) is 5.43 Å². The number of nitrogens with one attached hydrogen (secondary N) is 2. The highest BCUT2D eigenvalue weighted by atomic mass is 16.7. The van der Waals surface area contributed by atoms with Crippen LogP contribution in [0, 0.1) is 0 Å². The van der Waals surface area contributed by atoms with Gasteiger partial charge in [-0.25, -0.2) is 20.0 Å². The van der Waals surface area contributed by atoms with E-state index in [0.717, 1.165) is 5.69 Å². The van der Waals surface area contributed by atoms with Crippen LogP contribution in [0.3, 0.4) is 0 Å². The number of nitrogens with zero attached hydrogens (tertiary/aromatic N) is 8. The van der Waals surface area contributed by atoms with E-state index in [1.807, 2.05) is 12.1 Å². The van der Waals surface area contributed by atoms with E-state index < -0.39 is 0 Å². The number of aromatic nitrogens is 7. The van der Waals surface area contributed by atoms with Crippen LogP contribution >= 0.6 is 0 Å². The van der Waals surface area contributed by atoms with Crippen molar-refractivity contribution in [3.8, 4) is 5.88 Å². The van der Waals surface area contributed by atoms with Gasteiger partial charge in [0.05, 0.1) is 0 Å². The van der Waals surface area contributed by atoms with Crippen molar-refractivity contribution in [1.29, 1.82) is 0 Å². The first-order chi connectivity index (χ1) is 12.4. The lowest BCUT2D eigenvalue weighted by molar-refractivity contribution is 0.174. The molecule has 0 atom stereocenters. The second-order valence-electron chi connectivity index (χ2n) is 5.04. The molecule has 2 N–H and O–H groups in total. The van der Waals surface area contributed by atoms with Crippen LogP contribution in [-0.4, -0.2) is 35.1 Å². The first-order valence-electron chi connectivity index (χ1n) is 7.33. The lowest BCUT2D eigenvalue weighted by Crippen LogP contribution is -2.33. The quantitative estimate of drug-likeness (QED) is 0.557. The van der Waals surface area contributed by atoms with Crippen LogP contribution in [0.5, 0.6) is 5.88 Å². The number of fused-ring (bicyclic) bond motifs is 2. The SMILES string of the molecule is c1cnc2c(c1)N(c1nccc(On3nnc4cccnc43)n1)NN2. The van der Waals surface area contributed by atoms with Gasteiger partial charge in [0, 0.05) is 24.7 Å². The van der Waals surface area contributed by atoms with Crippen molar-refractivity contribution in [2.45, 2.75) is 0 Å². The third-order valence-corrected chi connectivity index (χ3v) is 3.49. The summed E-state index contributed by atoms with van der Waals surface area (Å²) in [5, 5.41) is 9.57. The van der Waals surface area contributed by atoms with Crippen LogP contribution in [0.2, 0.25) is 0 Å². The Bertz CT molecular complexity index is 1060. The molecule has 0 saturated carbocycles. The van der Waals surface area contributed by atoms with Crippen molar-refractivity contribution in [3.63, 3.8) is 0 Å². The molecule has 1 aliphatic heterocycles. The summed E-state index contributed by atoms with van der Waals surface area (Å²) >= 11 is 0. The second kappa shape index (κ2) is 5.35. The number of hydrogen-bond donors (Lipinski definition) is 2. The molecular formula is C14H10N10O. The Labute approximate surface area is 140 Å². The van der Waals surface area contributed by atoms with Crippen LogP contribution in [0.25, 0.3) is 11.2 Å². The average Bonchev–Trinajstić information content (AvgIpc) is 3.27. The zero-order chi connectivity index (χ0) is 16.6. The third-order valence-electron chi connectivity index (χ3n) is 3.49. The summed E-state index contributed by atoms with van der Waals surface area (Å²) in [6.07, 6.45) is 4.92. The molecule has 0 radical (unpaired) electrons. The zero-order valence-electron chi connectivity index (χ0n) is 12.6. The first-order valence-corrected chi connectivity index (χ1v) is 7.33. The van der Waals surface area contributed by atoms with Crippen LogP contribution in [0.1, 0.15) is 0 Å². The van der Waals surface area contributed by atoms with E-state index in [4.69, 9.17) is 4.84 Å². The fourth-order valence-electron chi connectivity index (χ4n) is 2.39. The lowest BCUT2D eigenvalue weighted by Gasteiger charge is -2.15. The van der Waals surface area contributed by atoms with E-state index in [1.165, 1.54) is 4.85 Å². The smallest absolute Gasteiger partial charge is 0.253 e. The van der Waals surface area contributed by atoms with Crippen molar-refractivity contribution in [2.24, 2.45) is 0 Å². The molecule has 122 valence electrons. The maximum atomic E-state index is 5.66. The summed E-state index contributed by atoms with van der Waals surface area (Å²) in [5.41, 5.74) is 7.82. The maximum Gasteiger partial charge on any atom is 0.253 e. The molecular weight excluding hydrogens is 324 g/mol. The van der Waals surface area contributed by atoms with Gasteiger partial charge in [-0.15, -0.1) is 10.6 Å². The van der Waals surface area contributed by atoms with Crippen LogP contribution < -0.4 is 20.8 Å². The minimum atomic E-state index is 0.293. The molecule has 0 aromatic carbocycles. The Morgan fingerprint density at radius 3 is 2.88 bits per heavy atom. The minimum Gasteiger partial charge on any atom is -0.334 e. The molecule has 0 bridgehead atoms. The summed E-state index contributed by atoms with van der Waals surface area (Å²) in [4.78, 5) is 23.9. The Morgan fingerprint density at radius 2 is 1.88 bits per heavy atom. The molecule has 0 saturated heterocycles. The molecule has 5 rings (SSSR count). The molecule has 11 nitrogen and oxygen atoms in total. The van der Waals surface area contributed by atoms with Crippen LogP contribution in [0.4, 0.5) is 17.5 Å². The summed E-state index contributed by atoms with van der Waals surface area (Å²) in [6.45, 7) is 0. The third kappa shape index (κ3) is 2.26. The second-order valence-corrected chi connectivity index (χ2v) is 5.04. The minimum absolute atomic E-state index is 0.293. The predicted molar refractivity (Wildman–Crippen MR) is 86.5 cm³/mol. The summed E-state index contributed by atoms with van der Waals surface area (Å²) < 4.78 is 0. The van der Waals surface area contributed by atoms with Crippen molar-refractivity contribution in [2.75, 3.05) is 10.4 Å². The van der Waals surface area contributed by atoms with Gasteiger partial charge in [-0.1, -0.05) is 4.85 Å². The Morgan fingerprint density at radius 1 is 0.960 bits per heavy atom. The average molecular weight is 334 g/mol. The molecule has 5 heterocycles. The van der Waals surface area contributed by atoms with Crippen LogP contribution in [-0.2, 0) is 0 Å². The van der Waals surface area contributed by atoms with E-state index in [2.05, 4.69) is 41.2 Å². The van der Waals surface area contributed by atoms with E-state index in [-0.39, 0.29) is 0 Å². The fourth-order valence-corrected chi connectivity index (χ4v) is 2.39. The fraction of sp³-hybridized carbons (Fsp3) is 0. The number of rotatable bonds is 3. The highest BCUT2D eigenvalue weighted by Gasteiger charge is 2.23. The summed E-state index contributed by atoms with van der Waals surface area (Å²) in [7, 11) is 0.